The molecule has 0 spiro atoms. The smallest absolute Gasteiger partial charge is 0.292 e. The van der Waals surface area contributed by atoms with Gasteiger partial charge in [-0.05, 0) is 35.2 Å². The first-order valence-corrected chi connectivity index (χ1v) is 10.6. The molecule has 1 aliphatic heterocycles. The van der Waals surface area contributed by atoms with Crippen LogP contribution in [0, 0.1) is 0 Å². The molecule has 3 aromatic rings. The Balaban J connectivity index is 1.50. The number of amides is 2. The second kappa shape index (κ2) is 9.06. The number of anilines is 1. The highest BCUT2D eigenvalue weighted by molar-refractivity contribution is 6.21. The van der Waals surface area contributed by atoms with E-state index in [2.05, 4.69) is 31.2 Å². The summed E-state index contributed by atoms with van der Waals surface area (Å²) in [5.41, 5.74) is 4.28. The van der Waals surface area contributed by atoms with Gasteiger partial charge in [0, 0.05) is 0 Å². The lowest BCUT2D eigenvalue weighted by Crippen LogP contribution is -2.92. The number of nitrogens with two attached hydrogens (primary N) is 1. The predicted octanol–water partition coefficient (Wildman–Crippen LogP) is 3.28. The number of nitrogens with zero attached hydrogens (tertiary/aromatic N) is 1. The minimum Gasteiger partial charge on any atom is -0.335 e. The van der Waals surface area contributed by atoms with Crippen molar-refractivity contribution < 1.29 is 14.9 Å². The first kappa shape index (κ1) is 20.0. The van der Waals surface area contributed by atoms with Gasteiger partial charge in [0.1, 0.15) is 0 Å². The maximum Gasteiger partial charge on any atom is 0.292 e. The van der Waals surface area contributed by atoms with Crippen LogP contribution >= 0.6 is 0 Å². The Morgan fingerprint density at radius 2 is 1.43 bits per heavy atom. The summed E-state index contributed by atoms with van der Waals surface area (Å²) in [6, 6.07) is 28.0. The minimum atomic E-state index is -0.377. The molecule has 1 fully saturated rings. The molecular formula is C26H27N2O2+. The van der Waals surface area contributed by atoms with Crippen LogP contribution in [0.4, 0.5) is 5.69 Å². The van der Waals surface area contributed by atoms with E-state index in [-0.39, 0.29) is 30.2 Å². The summed E-state index contributed by atoms with van der Waals surface area (Å²) in [4.78, 5) is 27.0. The van der Waals surface area contributed by atoms with Gasteiger partial charge in [0.2, 0.25) is 5.91 Å². The molecular weight excluding hydrogens is 372 g/mol. The summed E-state index contributed by atoms with van der Waals surface area (Å²) in [6.07, 6.45) is 1.17. The molecule has 2 amide bonds. The molecule has 4 nitrogen and oxygen atoms in total. The third kappa shape index (κ3) is 4.19. The Morgan fingerprint density at radius 1 is 0.867 bits per heavy atom. The third-order valence-corrected chi connectivity index (χ3v) is 5.84. The summed E-state index contributed by atoms with van der Waals surface area (Å²) >= 11 is 0. The van der Waals surface area contributed by atoms with Crippen LogP contribution < -0.4 is 10.2 Å². The van der Waals surface area contributed by atoms with Crippen LogP contribution in [0.15, 0.2) is 84.9 Å². The van der Waals surface area contributed by atoms with Crippen LogP contribution in [0.2, 0.25) is 0 Å². The van der Waals surface area contributed by atoms with Gasteiger partial charge in [0.05, 0.1) is 24.6 Å². The maximum absolute atomic E-state index is 13.0. The van der Waals surface area contributed by atoms with E-state index in [9.17, 15) is 9.59 Å². The van der Waals surface area contributed by atoms with Gasteiger partial charge in [-0.25, -0.2) is 4.90 Å². The van der Waals surface area contributed by atoms with Crippen LogP contribution in [-0.2, 0) is 16.0 Å². The average molecular weight is 400 g/mol. The molecule has 4 heteroatoms. The lowest BCUT2D eigenvalue weighted by atomic mass is 9.91. The second-order valence-electron chi connectivity index (χ2n) is 7.74. The zero-order valence-corrected chi connectivity index (χ0v) is 17.2. The Labute approximate surface area is 177 Å². The second-order valence-corrected chi connectivity index (χ2v) is 7.74. The Morgan fingerprint density at radius 3 is 1.97 bits per heavy atom. The van der Waals surface area contributed by atoms with Crippen molar-refractivity contribution in [2.45, 2.75) is 31.7 Å². The van der Waals surface area contributed by atoms with Gasteiger partial charge in [-0.1, -0.05) is 79.7 Å². The first-order chi connectivity index (χ1) is 14.7. The largest absolute Gasteiger partial charge is 0.335 e. The maximum atomic E-state index is 13.0. The molecule has 3 aromatic carbocycles. The van der Waals surface area contributed by atoms with Crippen molar-refractivity contribution in [1.29, 1.82) is 0 Å². The summed E-state index contributed by atoms with van der Waals surface area (Å²) in [5.74, 6) is -0.0845. The fourth-order valence-corrected chi connectivity index (χ4v) is 4.13. The van der Waals surface area contributed by atoms with Crippen LogP contribution in [-0.4, -0.2) is 24.4 Å². The standard InChI is InChI=1S/C26H26N2O2/c1-2-19-13-15-22(16-14-19)28-25(29)17-24(26(28)30)27-18-23(20-9-5-3-6-10-20)21-11-7-4-8-12-21/h3-16,23-24,27H,2,17-18H2,1H3/p+1/t24-/m1/s1. The zero-order chi connectivity index (χ0) is 20.9. The summed E-state index contributed by atoms with van der Waals surface area (Å²) in [6.45, 7) is 2.79. The lowest BCUT2D eigenvalue weighted by Gasteiger charge is -2.19. The Kier molecular flexibility index (Phi) is 6.05. The van der Waals surface area contributed by atoms with E-state index in [1.54, 1.807) is 0 Å². The molecule has 0 bridgehead atoms. The van der Waals surface area contributed by atoms with E-state index in [1.807, 2.05) is 66.0 Å². The van der Waals surface area contributed by atoms with Crippen LogP contribution in [0.3, 0.4) is 0 Å². The summed E-state index contributed by atoms with van der Waals surface area (Å²) in [5, 5.41) is 2.03. The molecule has 1 atom stereocenters. The summed E-state index contributed by atoms with van der Waals surface area (Å²) in [7, 11) is 0. The van der Waals surface area contributed by atoms with Crippen molar-refractivity contribution in [3.63, 3.8) is 0 Å². The monoisotopic (exact) mass is 399 g/mol. The Hall–Kier alpha value is -3.24. The lowest BCUT2D eigenvalue weighted by molar-refractivity contribution is -0.675. The van der Waals surface area contributed by atoms with E-state index in [0.29, 0.717) is 12.2 Å². The topological polar surface area (TPSA) is 54.0 Å². The predicted molar refractivity (Wildman–Crippen MR) is 118 cm³/mol. The Bertz CT molecular complexity index is 961. The fraction of sp³-hybridized carbons (Fsp3) is 0.231. The molecule has 0 unspecified atom stereocenters. The highest BCUT2D eigenvalue weighted by atomic mass is 16.2. The molecule has 4 rings (SSSR count). The molecule has 0 aromatic heterocycles. The average Bonchev–Trinajstić information content (AvgIpc) is 3.08. The number of benzene rings is 3. The van der Waals surface area contributed by atoms with Gasteiger partial charge >= 0.3 is 0 Å². The molecule has 1 aliphatic rings. The number of hydrogen-bond donors (Lipinski definition) is 1. The number of carbonyl (C=O) groups excluding carboxylic acids is 2. The fourth-order valence-electron chi connectivity index (χ4n) is 4.13. The van der Waals surface area contributed by atoms with E-state index in [1.165, 1.54) is 21.6 Å². The molecule has 1 saturated heterocycles. The van der Waals surface area contributed by atoms with Crippen molar-refractivity contribution in [1.82, 2.24) is 0 Å². The highest BCUT2D eigenvalue weighted by Gasteiger charge is 2.42. The van der Waals surface area contributed by atoms with Crippen molar-refractivity contribution in [2.75, 3.05) is 11.4 Å². The van der Waals surface area contributed by atoms with E-state index >= 15 is 0 Å². The van der Waals surface area contributed by atoms with Gasteiger partial charge < -0.3 is 5.32 Å². The number of quaternary nitrogens is 1. The van der Waals surface area contributed by atoms with Crippen molar-refractivity contribution >= 4 is 17.5 Å². The molecule has 152 valence electrons. The zero-order valence-electron chi connectivity index (χ0n) is 17.2. The van der Waals surface area contributed by atoms with Crippen LogP contribution in [0.25, 0.3) is 0 Å². The van der Waals surface area contributed by atoms with Gasteiger partial charge in [0.15, 0.2) is 6.04 Å². The quantitative estimate of drug-likeness (QED) is 0.620. The highest BCUT2D eigenvalue weighted by Crippen LogP contribution is 2.24. The van der Waals surface area contributed by atoms with Crippen molar-refractivity contribution in [3.8, 4) is 0 Å². The van der Waals surface area contributed by atoms with Gasteiger partial charge in [-0.3, -0.25) is 9.59 Å². The summed E-state index contributed by atoms with van der Waals surface area (Å²) < 4.78 is 0. The molecule has 0 saturated carbocycles. The van der Waals surface area contributed by atoms with Crippen molar-refractivity contribution in [3.05, 3.63) is 102 Å². The first-order valence-electron chi connectivity index (χ1n) is 10.6. The molecule has 2 N–H and O–H groups in total. The van der Waals surface area contributed by atoms with Crippen LogP contribution in [0.5, 0.6) is 0 Å². The minimum absolute atomic E-state index is 0.121. The van der Waals surface area contributed by atoms with E-state index in [4.69, 9.17) is 0 Å². The van der Waals surface area contributed by atoms with E-state index < -0.39 is 0 Å². The SMILES string of the molecule is CCc1ccc(N2C(=O)C[C@@H]([NH2+]CC(c3ccccc3)c3ccccc3)C2=O)cc1. The van der Waals surface area contributed by atoms with Gasteiger partial charge in [0.25, 0.3) is 5.91 Å². The number of imide groups is 1. The number of rotatable bonds is 7. The van der Waals surface area contributed by atoms with Crippen molar-refractivity contribution in [2.24, 2.45) is 0 Å². The molecule has 0 aliphatic carbocycles. The van der Waals surface area contributed by atoms with Gasteiger partial charge in [-0.2, -0.15) is 0 Å². The molecule has 30 heavy (non-hydrogen) atoms. The number of hydrogen-bond acceptors (Lipinski definition) is 2. The normalized spacial score (nSPS) is 16.5. The van der Waals surface area contributed by atoms with Gasteiger partial charge in [-0.15, -0.1) is 0 Å². The third-order valence-electron chi connectivity index (χ3n) is 5.84. The van der Waals surface area contributed by atoms with E-state index in [0.717, 1.165) is 6.42 Å². The number of aryl methyl sites for hydroxylation is 1. The molecule has 1 heterocycles. The van der Waals surface area contributed by atoms with Crippen LogP contribution in [0.1, 0.15) is 36.0 Å². The number of carbonyl (C=O) groups is 2. The molecule has 0 radical (unpaired) electrons.